The number of aromatic nitrogens is 2. The molecule has 4 aromatic rings. The van der Waals surface area contributed by atoms with E-state index in [9.17, 15) is 33.6 Å². The Balaban J connectivity index is 1.22. The van der Waals surface area contributed by atoms with Crippen LogP contribution in [0.2, 0.25) is 0 Å². The van der Waals surface area contributed by atoms with Gasteiger partial charge in [0.2, 0.25) is 24.1 Å². The molecule has 4 N–H and O–H groups in total. The predicted octanol–water partition coefficient (Wildman–Crippen LogP) is 4.71. The summed E-state index contributed by atoms with van der Waals surface area (Å²) in [5.41, 5.74) is 4.83. The summed E-state index contributed by atoms with van der Waals surface area (Å²) >= 11 is 0. The van der Waals surface area contributed by atoms with Gasteiger partial charge in [-0.25, -0.2) is 9.78 Å². The molecule has 0 bridgehead atoms. The van der Waals surface area contributed by atoms with Gasteiger partial charge in [-0.2, -0.15) is 0 Å². The Bertz CT molecular complexity index is 2310. The topological polar surface area (TPSA) is 206 Å². The van der Waals surface area contributed by atoms with Crippen molar-refractivity contribution in [2.75, 3.05) is 18.4 Å². The number of allylic oxidation sites excluding steroid dienone is 1. The van der Waals surface area contributed by atoms with Crippen LogP contribution < -0.4 is 21.5 Å². The molecule has 56 heavy (non-hydrogen) atoms. The highest BCUT2D eigenvalue weighted by molar-refractivity contribution is 6.11. The summed E-state index contributed by atoms with van der Waals surface area (Å²) < 4.78 is 6.28. The van der Waals surface area contributed by atoms with E-state index < -0.39 is 29.9 Å². The number of imide groups is 1. The van der Waals surface area contributed by atoms with Crippen molar-refractivity contribution >= 4 is 63.6 Å². The van der Waals surface area contributed by atoms with E-state index >= 15 is 0 Å². The van der Waals surface area contributed by atoms with E-state index in [-0.39, 0.29) is 55.6 Å². The van der Waals surface area contributed by atoms with Crippen molar-refractivity contribution < 1.29 is 38.6 Å². The van der Waals surface area contributed by atoms with E-state index in [2.05, 4.69) is 16.0 Å². The number of hydrogen-bond acceptors (Lipinski definition) is 9. The second kappa shape index (κ2) is 17.8. The Kier molecular flexibility index (Phi) is 13.0. The van der Waals surface area contributed by atoms with E-state index in [1.807, 2.05) is 37.3 Å². The summed E-state index contributed by atoms with van der Waals surface area (Å²) in [6.45, 7) is 8.79. The molecule has 1 atom stereocenters. The molecule has 15 heteroatoms. The number of hydrogen-bond donors (Lipinski definition) is 4. The van der Waals surface area contributed by atoms with Gasteiger partial charge in [-0.1, -0.05) is 38.5 Å². The fourth-order valence-electron chi connectivity index (χ4n) is 6.89. The first-order valence-corrected chi connectivity index (χ1v) is 18.4. The molecule has 5 amide bonds. The number of aryl methyl sites for hydroxylation is 2. The van der Waals surface area contributed by atoms with E-state index in [0.717, 1.165) is 32.2 Å². The average molecular weight is 767 g/mol. The lowest BCUT2D eigenvalue weighted by atomic mass is 9.96. The average Bonchev–Trinajstić information content (AvgIpc) is 3.52. The van der Waals surface area contributed by atoms with Crippen molar-refractivity contribution in [3.05, 3.63) is 81.2 Å². The summed E-state index contributed by atoms with van der Waals surface area (Å²) in [5, 5.41) is 19.8. The lowest BCUT2D eigenvalue weighted by molar-refractivity contribution is -0.134. The van der Waals surface area contributed by atoms with Crippen LogP contribution in [0.3, 0.4) is 0 Å². The number of rotatable bonds is 16. The zero-order valence-corrected chi connectivity index (χ0v) is 32.1. The molecule has 294 valence electrons. The number of nitrogens with zero attached hydrogens (tertiary/aromatic N) is 3. The van der Waals surface area contributed by atoms with Gasteiger partial charge < -0.3 is 30.4 Å². The number of unbranched alkanes of at least 4 members (excludes halogenated alkanes) is 2. The van der Waals surface area contributed by atoms with Gasteiger partial charge in [0, 0.05) is 29.6 Å². The Labute approximate surface area is 323 Å². The monoisotopic (exact) mass is 766 g/mol. The summed E-state index contributed by atoms with van der Waals surface area (Å²) in [5.74, 6) is -1.93. The highest BCUT2D eigenvalue weighted by Crippen LogP contribution is 2.38. The van der Waals surface area contributed by atoms with Crippen molar-refractivity contribution in [3.63, 3.8) is 0 Å². The number of benzene rings is 2. The molecule has 0 saturated heterocycles. The third-order valence-corrected chi connectivity index (χ3v) is 9.86. The van der Waals surface area contributed by atoms with Gasteiger partial charge >= 0.3 is 6.16 Å². The SMILES string of the molecule is C/C=C\C(=O)N(C=O)CCCCCC(=O)NC(C(=O)NCC(=O)Nc1ccc2ccc3nc4c(c(C)c3c2c1)Cn1c-4cc(C)c(COC(=O)O)c1=O)C(C)C. The molecule has 5 rings (SSSR count). The van der Waals surface area contributed by atoms with Gasteiger partial charge in [0.15, 0.2) is 0 Å². The van der Waals surface area contributed by atoms with Crippen molar-refractivity contribution in [2.45, 2.75) is 79.5 Å². The molecule has 15 nitrogen and oxygen atoms in total. The van der Waals surface area contributed by atoms with Crippen molar-refractivity contribution in [1.29, 1.82) is 0 Å². The number of carbonyl (C=O) groups is 6. The number of carbonyl (C=O) groups excluding carboxylic acids is 5. The zero-order chi connectivity index (χ0) is 40.7. The van der Waals surface area contributed by atoms with Crippen LogP contribution in [-0.2, 0) is 41.9 Å². The molecule has 1 unspecified atom stereocenters. The molecule has 2 aromatic heterocycles. The van der Waals surface area contributed by atoms with Crippen LogP contribution >= 0.6 is 0 Å². The van der Waals surface area contributed by atoms with Gasteiger partial charge in [0.1, 0.15) is 12.6 Å². The predicted molar refractivity (Wildman–Crippen MR) is 210 cm³/mol. The third kappa shape index (κ3) is 9.10. The minimum atomic E-state index is -1.46. The Morgan fingerprint density at radius 2 is 1.79 bits per heavy atom. The molecule has 2 aromatic carbocycles. The minimum Gasteiger partial charge on any atom is -0.450 e. The standard InChI is InChI=1S/C41H46N6O9/c1-6-10-35(51)46(22-48)16-9-7-8-11-33(49)45-37(23(2)3)39(52)42-19-34(50)43-27-14-12-26-13-15-31-36(28(26)18-27)25(5)29-20-47-32(38(29)44-31)17-24(4)30(40(47)53)21-56-41(54)55/h6,10,12-15,17-18,22-23,37H,7-9,11,16,19-21H2,1-5H3,(H,42,52)(H,43,50)(H,45,49)(H,54,55)/b10-6-. The number of nitrogens with one attached hydrogen (secondary N) is 3. The first-order valence-electron chi connectivity index (χ1n) is 18.4. The Morgan fingerprint density at radius 1 is 1.04 bits per heavy atom. The van der Waals surface area contributed by atoms with Gasteiger partial charge in [-0.05, 0) is 91.8 Å². The molecule has 0 spiro atoms. The van der Waals surface area contributed by atoms with E-state index in [0.29, 0.717) is 53.8 Å². The van der Waals surface area contributed by atoms with Crippen molar-refractivity contribution in [2.24, 2.45) is 5.92 Å². The number of pyridine rings is 2. The Hall–Kier alpha value is -6.38. The third-order valence-electron chi connectivity index (χ3n) is 9.86. The molecule has 0 radical (unpaired) electrons. The van der Waals surface area contributed by atoms with Gasteiger partial charge in [-0.15, -0.1) is 0 Å². The molecule has 1 aliphatic rings. The van der Waals surface area contributed by atoms with E-state index in [1.165, 1.54) is 6.08 Å². The fourth-order valence-corrected chi connectivity index (χ4v) is 6.89. The van der Waals surface area contributed by atoms with Crippen LogP contribution in [0.4, 0.5) is 10.5 Å². The van der Waals surface area contributed by atoms with E-state index in [4.69, 9.17) is 14.8 Å². The number of fused-ring (bicyclic) bond motifs is 6. The van der Waals surface area contributed by atoms with Gasteiger partial charge in [0.05, 0.1) is 35.6 Å². The lowest BCUT2D eigenvalue weighted by Gasteiger charge is -2.21. The lowest BCUT2D eigenvalue weighted by Crippen LogP contribution is -2.51. The molecule has 0 saturated carbocycles. The maximum absolute atomic E-state index is 13.4. The second-order valence-corrected chi connectivity index (χ2v) is 14.1. The quantitative estimate of drug-likeness (QED) is 0.0358. The van der Waals surface area contributed by atoms with E-state index in [1.54, 1.807) is 44.4 Å². The van der Waals surface area contributed by atoms with Crippen LogP contribution in [0.5, 0.6) is 0 Å². The molecule has 0 aliphatic carbocycles. The summed E-state index contributed by atoms with van der Waals surface area (Å²) in [7, 11) is 0. The molecular formula is C41H46N6O9. The van der Waals surface area contributed by atoms with Crippen LogP contribution in [0, 0.1) is 19.8 Å². The van der Waals surface area contributed by atoms with Crippen LogP contribution in [0.1, 0.15) is 68.7 Å². The number of amides is 5. The minimum absolute atomic E-state index is 0.158. The summed E-state index contributed by atoms with van der Waals surface area (Å²) in [6, 6.07) is 10.3. The number of carboxylic acid groups (broad SMARTS) is 1. The fraction of sp³-hybridized carbons (Fsp3) is 0.366. The smallest absolute Gasteiger partial charge is 0.450 e. The first kappa shape index (κ1) is 40.8. The maximum atomic E-state index is 13.4. The molecule has 0 fully saturated rings. The van der Waals surface area contributed by atoms with Crippen LogP contribution in [-0.4, -0.2) is 74.9 Å². The number of ether oxygens (including phenoxy) is 1. The van der Waals surface area contributed by atoms with Gasteiger partial charge in [0.25, 0.3) is 11.5 Å². The molecule has 3 heterocycles. The molecule has 1 aliphatic heterocycles. The largest absolute Gasteiger partial charge is 0.506 e. The van der Waals surface area contributed by atoms with Crippen molar-refractivity contribution in [3.8, 4) is 11.4 Å². The van der Waals surface area contributed by atoms with Crippen LogP contribution in [0.25, 0.3) is 33.1 Å². The normalized spacial score (nSPS) is 12.3. The highest BCUT2D eigenvalue weighted by atomic mass is 16.7. The summed E-state index contributed by atoms with van der Waals surface area (Å²) in [4.78, 5) is 92.3. The maximum Gasteiger partial charge on any atom is 0.506 e. The van der Waals surface area contributed by atoms with Gasteiger partial charge in [-0.3, -0.25) is 33.7 Å². The second-order valence-electron chi connectivity index (χ2n) is 14.1. The van der Waals surface area contributed by atoms with Crippen molar-refractivity contribution in [1.82, 2.24) is 25.1 Å². The highest BCUT2D eigenvalue weighted by Gasteiger charge is 2.28. The van der Waals surface area contributed by atoms with Crippen LogP contribution in [0.15, 0.2) is 53.3 Å². The Morgan fingerprint density at radius 3 is 2.48 bits per heavy atom. The number of anilines is 1. The zero-order valence-electron chi connectivity index (χ0n) is 32.1. The molecular weight excluding hydrogens is 720 g/mol. The first-order chi connectivity index (χ1) is 26.7. The summed E-state index contributed by atoms with van der Waals surface area (Å²) in [6.07, 6.45) is 3.70.